The number of phenolic OH excluding ortho intramolecular Hbond substituents is 1. The first-order valence-electron chi connectivity index (χ1n) is 6.44. The van der Waals surface area contributed by atoms with Gasteiger partial charge in [0.25, 0.3) is 0 Å². The van der Waals surface area contributed by atoms with E-state index in [4.69, 9.17) is 4.74 Å². The first-order chi connectivity index (χ1) is 9.11. The molecule has 0 amide bonds. The molecular weight excluding hydrogens is 246 g/mol. The van der Waals surface area contributed by atoms with Gasteiger partial charge in [0.05, 0.1) is 7.11 Å². The number of aliphatic carboxylic acids is 1. The largest absolute Gasteiger partial charge is 0.504 e. The van der Waals surface area contributed by atoms with Crippen molar-refractivity contribution in [2.75, 3.05) is 13.7 Å². The third-order valence-corrected chi connectivity index (χ3v) is 3.53. The summed E-state index contributed by atoms with van der Waals surface area (Å²) in [6.45, 7) is 1.32. The zero-order valence-corrected chi connectivity index (χ0v) is 11.0. The van der Waals surface area contributed by atoms with Gasteiger partial charge in [-0.1, -0.05) is 12.5 Å². The molecule has 1 saturated heterocycles. The fourth-order valence-electron chi connectivity index (χ4n) is 2.53. The van der Waals surface area contributed by atoms with Gasteiger partial charge in [0.2, 0.25) is 0 Å². The number of likely N-dealkylation sites (tertiary alicyclic amines) is 1. The molecule has 1 heterocycles. The number of aromatic hydroxyl groups is 1. The fourth-order valence-corrected chi connectivity index (χ4v) is 2.53. The average molecular weight is 265 g/mol. The molecule has 19 heavy (non-hydrogen) atoms. The predicted molar refractivity (Wildman–Crippen MR) is 70.3 cm³/mol. The van der Waals surface area contributed by atoms with Crippen LogP contribution in [-0.2, 0) is 11.3 Å². The Hall–Kier alpha value is -1.75. The van der Waals surface area contributed by atoms with E-state index in [2.05, 4.69) is 0 Å². The van der Waals surface area contributed by atoms with E-state index in [1.54, 1.807) is 12.1 Å². The fraction of sp³-hybridized carbons (Fsp3) is 0.500. The Labute approximate surface area is 112 Å². The first kappa shape index (κ1) is 13.7. The number of phenols is 1. The van der Waals surface area contributed by atoms with Crippen LogP contribution in [0.4, 0.5) is 0 Å². The van der Waals surface area contributed by atoms with Crippen molar-refractivity contribution in [2.24, 2.45) is 0 Å². The Bertz CT molecular complexity index is 461. The summed E-state index contributed by atoms with van der Waals surface area (Å²) in [5, 5.41) is 18.9. The Balaban J connectivity index is 2.10. The van der Waals surface area contributed by atoms with Gasteiger partial charge in [0, 0.05) is 6.54 Å². The average Bonchev–Trinajstić information content (AvgIpc) is 2.39. The Morgan fingerprint density at radius 1 is 1.47 bits per heavy atom. The highest BCUT2D eigenvalue weighted by molar-refractivity contribution is 5.73. The quantitative estimate of drug-likeness (QED) is 0.869. The highest BCUT2D eigenvalue weighted by Gasteiger charge is 2.28. The molecule has 1 fully saturated rings. The van der Waals surface area contributed by atoms with Gasteiger partial charge in [-0.15, -0.1) is 0 Å². The van der Waals surface area contributed by atoms with Crippen LogP contribution in [0.25, 0.3) is 0 Å². The van der Waals surface area contributed by atoms with Crippen molar-refractivity contribution in [3.63, 3.8) is 0 Å². The molecule has 0 aromatic heterocycles. The normalized spacial score (nSPS) is 20.2. The molecule has 1 atom stereocenters. The van der Waals surface area contributed by atoms with E-state index < -0.39 is 12.0 Å². The van der Waals surface area contributed by atoms with Crippen LogP contribution in [0.5, 0.6) is 11.5 Å². The van der Waals surface area contributed by atoms with Gasteiger partial charge in [-0.2, -0.15) is 0 Å². The van der Waals surface area contributed by atoms with E-state index >= 15 is 0 Å². The predicted octanol–water partition coefficient (Wildman–Crippen LogP) is 1.84. The van der Waals surface area contributed by atoms with E-state index in [9.17, 15) is 15.0 Å². The summed E-state index contributed by atoms with van der Waals surface area (Å²) >= 11 is 0. The van der Waals surface area contributed by atoms with Crippen molar-refractivity contribution >= 4 is 5.97 Å². The highest BCUT2D eigenvalue weighted by Crippen LogP contribution is 2.28. The molecule has 5 heteroatoms. The van der Waals surface area contributed by atoms with Crippen molar-refractivity contribution in [3.05, 3.63) is 23.8 Å². The highest BCUT2D eigenvalue weighted by atomic mass is 16.5. The van der Waals surface area contributed by atoms with Gasteiger partial charge in [-0.05, 0) is 37.1 Å². The van der Waals surface area contributed by atoms with Crippen LogP contribution >= 0.6 is 0 Å². The molecule has 104 valence electrons. The SMILES string of the molecule is COc1ccc(CN2CCCCC2C(=O)O)cc1O. The lowest BCUT2D eigenvalue weighted by Gasteiger charge is -2.32. The molecular formula is C14H19NO4. The van der Waals surface area contributed by atoms with E-state index in [-0.39, 0.29) is 5.75 Å². The van der Waals surface area contributed by atoms with Crippen LogP contribution in [0.3, 0.4) is 0 Å². The molecule has 0 aliphatic carbocycles. The van der Waals surface area contributed by atoms with Crippen LogP contribution in [0, 0.1) is 0 Å². The van der Waals surface area contributed by atoms with Crippen molar-refractivity contribution in [3.8, 4) is 11.5 Å². The molecule has 1 aromatic carbocycles. The topological polar surface area (TPSA) is 70.0 Å². The van der Waals surface area contributed by atoms with Gasteiger partial charge in [0.1, 0.15) is 6.04 Å². The second kappa shape index (κ2) is 5.93. The van der Waals surface area contributed by atoms with E-state index in [0.717, 1.165) is 24.9 Å². The third kappa shape index (κ3) is 3.17. The van der Waals surface area contributed by atoms with Crippen molar-refractivity contribution in [1.29, 1.82) is 0 Å². The minimum atomic E-state index is -0.766. The molecule has 2 rings (SSSR count). The van der Waals surface area contributed by atoms with Crippen LogP contribution in [0.2, 0.25) is 0 Å². The Morgan fingerprint density at radius 3 is 2.89 bits per heavy atom. The monoisotopic (exact) mass is 265 g/mol. The number of nitrogens with zero attached hydrogens (tertiary/aromatic N) is 1. The number of methoxy groups -OCH3 is 1. The van der Waals surface area contributed by atoms with Gasteiger partial charge >= 0.3 is 5.97 Å². The molecule has 5 nitrogen and oxygen atoms in total. The van der Waals surface area contributed by atoms with Crippen molar-refractivity contribution in [2.45, 2.75) is 31.8 Å². The van der Waals surface area contributed by atoms with Crippen LogP contribution in [-0.4, -0.2) is 40.8 Å². The van der Waals surface area contributed by atoms with Crippen molar-refractivity contribution < 1.29 is 19.7 Å². The Kier molecular flexibility index (Phi) is 4.27. The van der Waals surface area contributed by atoms with E-state index in [1.807, 2.05) is 11.0 Å². The van der Waals surface area contributed by atoms with Crippen LogP contribution in [0.15, 0.2) is 18.2 Å². The third-order valence-electron chi connectivity index (χ3n) is 3.53. The lowest BCUT2D eigenvalue weighted by molar-refractivity contribution is -0.144. The number of benzene rings is 1. The van der Waals surface area contributed by atoms with Crippen molar-refractivity contribution in [1.82, 2.24) is 4.90 Å². The summed E-state index contributed by atoms with van der Waals surface area (Å²) in [6, 6.07) is 4.76. The lowest BCUT2D eigenvalue weighted by Crippen LogP contribution is -2.43. The minimum Gasteiger partial charge on any atom is -0.504 e. The second-order valence-corrected chi connectivity index (χ2v) is 4.83. The maximum absolute atomic E-state index is 11.2. The van der Waals surface area contributed by atoms with E-state index in [1.165, 1.54) is 7.11 Å². The second-order valence-electron chi connectivity index (χ2n) is 4.83. The maximum Gasteiger partial charge on any atom is 0.320 e. The number of rotatable bonds is 4. The van der Waals surface area contributed by atoms with Gasteiger partial charge in [-0.3, -0.25) is 9.69 Å². The molecule has 2 N–H and O–H groups in total. The number of hydrogen-bond acceptors (Lipinski definition) is 4. The molecule has 0 bridgehead atoms. The first-order valence-corrected chi connectivity index (χ1v) is 6.44. The molecule has 0 saturated carbocycles. The molecule has 1 unspecified atom stereocenters. The zero-order valence-electron chi connectivity index (χ0n) is 11.0. The smallest absolute Gasteiger partial charge is 0.320 e. The maximum atomic E-state index is 11.2. The van der Waals surface area contributed by atoms with Gasteiger partial charge < -0.3 is 14.9 Å². The summed E-state index contributed by atoms with van der Waals surface area (Å²) < 4.78 is 4.99. The summed E-state index contributed by atoms with van der Waals surface area (Å²) in [6.07, 6.45) is 2.67. The standard InChI is InChI=1S/C14H19NO4/c1-19-13-6-5-10(8-12(13)16)9-15-7-3-2-4-11(15)14(17)18/h5-6,8,11,16H,2-4,7,9H2,1H3,(H,17,18). The minimum absolute atomic E-state index is 0.0869. The van der Waals surface area contributed by atoms with Crippen LogP contribution in [0.1, 0.15) is 24.8 Å². The summed E-state index contributed by atoms with van der Waals surface area (Å²) in [5.74, 6) is -0.251. The number of ether oxygens (including phenoxy) is 1. The number of carboxylic acids is 1. The van der Waals surface area contributed by atoms with Crippen LogP contribution < -0.4 is 4.74 Å². The molecule has 1 aliphatic rings. The number of carboxylic acid groups (broad SMARTS) is 1. The number of piperidine rings is 1. The molecule has 0 spiro atoms. The summed E-state index contributed by atoms with van der Waals surface area (Å²) in [4.78, 5) is 13.2. The summed E-state index contributed by atoms with van der Waals surface area (Å²) in [7, 11) is 1.50. The van der Waals surface area contributed by atoms with E-state index in [0.29, 0.717) is 18.7 Å². The zero-order chi connectivity index (χ0) is 13.8. The lowest BCUT2D eigenvalue weighted by atomic mass is 10.0. The van der Waals surface area contributed by atoms with Gasteiger partial charge in [-0.25, -0.2) is 0 Å². The molecule has 1 aromatic rings. The Morgan fingerprint density at radius 2 is 2.26 bits per heavy atom. The molecule has 0 radical (unpaired) electrons. The summed E-state index contributed by atoms with van der Waals surface area (Å²) in [5.41, 5.74) is 0.895. The van der Waals surface area contributed by atoms with Gasteiger partial charge in [0.15, 0.2) is 11.5 Å². The molecule has 1 aliphatic heterocycles. The number of carbonyl (C=O) groups is 1. The number of hydrogen-bond donors (Lipinski definition) is 2.